The van der Waals surface area contributed by atoms with Crippen molar-refractivity contribution in [3.05, 3.63) is 216 Å². The minimum Gasteiger partial charge on any atom is -0.309 e. The van der Waals surface area contributed by atoms with Crippen molar-refractivity contribution in [1.82, 2.24) is 19.5 Å². The highest BCUT2D eigenvalue weighted by Crippen LogP contribution is 2.63. The molecule has 0 saturated heterocycles. The molecule has 0 radical (unpaired) electrons. The summed E-state index contributed by atoms with van der Waals surface area (Å²) in [6.45, 7) is 0. The Morgan fingerprint density at radius 1 is 0.321 bits per heavy atom. The Morgan fingerprint density at radius 2 is 0.821 bits per heavy atom. The number of hydrogen-bond donors (Lipinski definition) is 0. The zero-order chi connectivity index (χ0) is 36.8. The smallest absolute Gasteiger partial charge is 0.164 e. The van der Waals surface area contributed by atoms with Crippen LogP contribution < -0.4 is 0 Å². The summed E-state index contributed by atoms with van der Waals surface area (Å²) in [5.41, 5.74) is 16.0. The van der Waals surface area contributed by atoms with Gasteiger partial charge in [-0.1, -0.05) is 158 Å². The highest BCUT2D eigenvalue weighted by Gasteiger charge is 2.52. The molecule has 1 spiro atoms. The van der Waals surface area contributed by atoms with E-state index < -0.39 is 5.41 Å². The van der Waals surface area contributed by atoms with Gasteiger partial charge in [0.1, 0.15) is 0 Å². The first-order chi connectivity index (χ1) is 27.8. The lowest BCUT2D eigenvalue weighted by Crippen LogP contribution is -2.26. The minimum atomic E-state index is -0.558. The summed E-state index contributed by atoms with van der Waals surface area (Å²) in [6, 6.07) is 69.7. The molecule has 0 fully saturated rings. The molecule has 4 nitrogen and oxygen atoms in total. The second-order valence-corrected chi connectivity index (χ2v) is 14.7. The lowest BCUT2D eigenvalue weighted by atomic mass is 9.70. The Labute approximate surface area is 324 Å². The van der Waals surface area contributed by atoms with E-state index in [0.29, 0.717) is 17.5 Å². The molecule has 0 aliphatic heterocycles. The van der Waals surface area contributed by atoms with Gasteiger partial charge in [-0.3, -0.25) is 0 Å². The first-order valence-electron chi connectivity index (χ1n) is 19.1. The molecule has 2 aromatic heterocycles. The molecule has 10 aromatic rings. The molecule has 2 aliphatic rings. The summed E-state index contributed by atoms with van der Waals surface area (Å²) in [5.74, 6) is 1.96. The van der Waals surface area contributed by atoms with Crippen molar-refractivity contribution in [2.45, 2.75) is 5.41 Å². The van der Waals surface area contributed by atoms with Crippen LogP contribution in [0.2, 0.25) is 0 Å². The fourth-order valence-corrected chi connectivity index (χ4v) is 9.53. The van der Waals surface area contributed by atoms with Gasteiger partial charge in [-0.05, 0) is 80.9 Å². The predicted octanol–water partition coefficient (Wildman–Crippen LogP) is 12.3. The molecular formula is C52H32N4. The van der Waals surface area contributed by atoms with E-state index in [1.807, 2.05) is 36.4 Å². The number of hydrogen-bond acceptors (Lipinski definition) is 3. The van der Waals surface area contributed by atoms with Crippen LogP contribution in [-0.2, 0) is 5.41 Å². The van der Waals surface area contributed by atoms with Crippen molar-refractivity contribution in [1.29, 1.82) is 0 Å². The van der Waals surface area contributed by atoms with E-state index >= 15 is 0 Å². The second-order valence-electron chi connectivity index (χ2n) is 14.7. The van der Waals surface area contributed by atoms with E-state index in [-0.39, 0.29) is 0 Å². The Kier molecular flexibility index (Phi) is 6.52. The Hall–Kier alpha value is -7.43. The zero-order valence-electron chi connectivity index (χ0n) is 30.3. The first kappa shape index (κ1) is 31.0. The summed E-state index contributed by atoms with van der Waals surface area (Å²) < 4.78 is 2.43. The molecule has 1 atom stereocenters. The van der Waals surface area contributed by atoms with Crippen molar-refractivity contribution >= 4 is 21.8 Å². The van der Waals surface area contributed by atoms with Crippen LogP contribution in [0.25, 0.3) is 83.9 Å². The van der Waals surface area contributed by atoms with Crippen LogP contribution in [0.3, 0.4) is 0 Å². The van der Waals surface area contributed by atoms with E-state index in [4.69, 9.17) is 15.0 Å². The van der Waals surface area contributed by atoms with Gasteiger partial charge < -0.3 is 4.57 Å². The van der Waals surface area contributed by atoms with Crippen molar-refractivity contribution in [2.75, 3.05) is 0 Å². The van der Waals surface area contributed by atoms with Crippen LogP contribution in [0.5, 0.6) is 0 Å². The average Bonchev–Trinajstić information content (AvgIpc) is 3.87. The van der Waals surface area contributed by atoms with Gasteiger partial charge in [0, 0.05) is 33.2 Å². The molecule has 0 saturated carbocycles. The average molecular weight is 713 g/mol. The number of rotatable bonds is 4. The summed E-state index contributed by atoms with van der Waals surface area (Å²) in [6.07, 6.45) is 0. The molecule has 1 unspecified atom stereocenters. The van der Waals surface area contributed by atoms with E-state index in [9.17, 15) is 0 Å². The monoisotopic (exact) mass is 712 g/mol. The Morgan fingerprint density at radius 3 is 1.48 bits per heavy atom. The SMILES string of the molecule is c1ccc(-c2nc(-c3ccccc3)nc(-c3ccc4c(c3)C3(c5ccccc5-4)c4ccccc4-c4cc5c6ccccc6n(-c6ccccc6)c5cc43)n2)cc1. The topological polar surface area (TPSA) is 43.6 Å². The van der Waals surface area contributed by atoms with Crippen LogP contribution in [0, 0.1) is 0 Å². The lowest BCUT2D eigenvalue weighted by Gasteiger charge is -2.31. The predicted molar refractivity (Wildman–Crippen MR) is 227 cm³/mol. The van der Waals surface area contributed by atoms with Gasteiger partial charge in [-0.2, -0.15) is 0 Å². The standard InChI is InChI=1S/C52H32N4/c1-4-16-33(17-5-1)49-53-50(34-18-6-2-7-19-34)55-51(54-49)35-28-29-39-37-22-10-13-25-43(37)52(45(39)30-35)44-26-14-11-23-38(44)41-31-42-40-24-12-15-27-47(40)56(48(42)32-46(41)52)36-20-8-3-9-21-36/h1-32H. The normalized spacial score (nSPS) is 14.9. The Bertz CT molecular complexity index is 3130. The van der Waals surface area contributed by atoms with Gasteiger partial charge in [-0.25, -0.2) is 15.0 Å². The quantitative estimate of drug-likeness (QED) is 0.182. The summed E-state index contributed by atoms with van der Waals surface area (Å²) in [4.78, 5) is 15.3. The number of benzene rings is 8. The van der Waals surface area contributed by atoms with Crippen LogP contribution >= 0.6 is 0 Å². The van der Waals surface area contributed by atoms with Gasteiger partial charge in [0.25, 0.3) is 0 Å². The molecule has 260 valence electrons. The van der Waals surface area contributed by atoms with Gasteiger partial charge in [0.15, 0.2) is 17.5 Å². The molecule has 4 heteroatoms. The van der Waals surface area contributed by atoms with Gasteiger partial charge in [0.05, 0.1) is 16.4 Å². The fourth-order valence-electron chi connectivity index (χ4n) is 9.53. The number of fused-ring (bicyclic) bond motifs is 13. The van der Waals surface area contributed by atoms with Crippen molar-refractivity contribution in [3.8, 4) is 62.1 Å². The van der Waals surface area contributed by atoms with Crippen LogP contribution in [-0.4, -0.2) is 19.5 Å². The van der Waals surface area contributed by atoms with Gasteiger partial charge in [0.2, 0.25) is 0 Å². The molecule has 2 heterocycles. The van der Waals surface area contributed by atoms with Gasteiger partial charge in [-0.15, -0.1) is 0 Å². The van der Waals surface area contributed by atoms with Crippen LogP contribution in [0.15, 0.2) is 194 Å². The third-order valence-corrected chi connectivity index (χ3v) is 11.9. The fraction of sp³-hybridized carbons (Fsp3) is 0.0192. The molecule has 0 N–H and O–H groups in total. The highest BCUT2D eigenvalue weighted by molar-refractivity contribution is 6.12. The molecule has 56 heavy (non-hydrogen) atoms. The largest absolute Gasteiger partial charge is 0.309 e. The summed E-state index contributed by atoms with van der Waals surface area (Å²) >= 11 is 0. The van der Waals surface area contributed by atoms with E-state index in [1.165, 1.54) is 66.3 Å². The molecule has 8 aromatic carbocycles. The maximum absolute atomic E-state index is 5.16. The van der Waals surface area contributed by atoms with E-state index in [1.54, 1.807) is 0 Å². The van der Waals surface area contributed by atoms with E-state index in [0.717, 1.165) is 22.4 Å². The van der Waals surface area contributed by atoms with Crippen LogP contribution in [0.1, 0.15) is 22.3 Å². The van der Waals surface area contributed by atoms with Crippen LogP contribution in [0.4, 0.5) is 0 Å². The first-order valence-corrected chi connectivity index (χ1v) is 19.1. The number of nitrogens with zero attached hydrogens (tertiary/aromatic N) is 4. The maximum Gasteiger partial charge on any atom is 0.164 e. The zero-order valence-corrected chi connectivity index (χ0v) is 30.3. The van der Waals surface area contributed by atoms with Crippen molar-refractivity contribution < 1.29 is 0 Å². The third-order valence-electron chi connectivity index (χ3n) is 11.9. The highest BCUT2D eigenvalue weighted by atomic mass is 15.0. The molecule has 0 bridgehead atoms. The number of aromatic nitrogens is 4. The molecule has 2 aliphatic carbocycles. The number of para-hydroxylation sites is 2. The van der Waals surface area contributed by atoms with E-state index in [2.05, 4.69) is 162 Å². The molecular weight excluding hydrogens is 681 g/mol. The minimum absolute atomic E-state index is 0.558. The summed E-state index contributed by atoms with van der Waals surface area (Å²) in [7, 11) is 0. The summed E-state index contributed by atoms with van der Waals surface area (Å²) in [5, 5.41) is 2.50. The maximum atomic E-state index is 5.16. The van der Waals surface area contributed by atoms with Gasteiger partial charge >= 0.3 is 0 Å². The van der Waals surface area contributed by atoms with Crippen molar-refractivity contribution in [3.63, 3.8) is 0 Å². The Balaban J connectivity index is 1.16. The van der Waals surface area contributed by atoms with Crippen molar-refractivity contribution in [2.24, 2.45) is 0 Å². The second kappa shape index (κ2) is 11.8. The lowest BCUT2D eigenvalue weighted by molar-refractivity contribution is 0.794. The third kappa shape index (κ3) is 4.27. The molecule has 0 amide bonds. The molecule has 12 rings (SSSR count).